The first-order chi connectivity index (χ1) is 13.6. The molecule has 3 atom stereocenters. The van der Waals surface area contributed by atoms with Crippen LogP contribution in [0.25, 0.3) is 0 Å². The smallest absolute Gasteiger partial charge is 0.246 e. The average molecular weight is 395 g/mol. The fourth-order valence-electron chi connectivity index (χ4n) is 4.38. The zero-order valence-electron chi connectivity index (χ0n) is 15.9. The Labute approximate surface area is 171 Å². The molecule has 0 radical (unpaired) electrons. The van der Waals surface area contributed by atoms with Gasteiger partial charge in [-0.2, -0.15) is 12.6 Å². The Morgan fingerprint density at radius 3 is 2.68 bits per heavy atom. The van der Waals surface area contributed by atoms with Gasteiger partial charge in [0.15, 0.2) is 0 Å². The molecule has 0 bridgehead atoms. The van der Waals surface area contributed by atoms with Gasteiger partial charge in [0.2, 0.25) is 11.8 Å². The van der Waals surface area contributed by atoms with Crippen LogP contribution in [0.4, 0.5) is 0 Å². The van der Waals surface area contributed by atoms with E-state index in [1.807, 2.05) is 47.4 Å². The Bertz CT molecular complexity index is 855. The lowest BCUT2D eigenvalue weighted by Gasteiger charge is -2.36. The van der Waals surface area contributed by atoms with Gasteiger partial charge in [0, 0.05) is 13.0 Å². The number of fused-ring (bicyclic) bond motifs is 3. The number of hydrogen-bond acceptors (Lipinski definition) is 3. The SMILES string of the molecule is O=C(NC1Cc2ccccc2C2CCCCN2C1=O)[C@@H](S)Cc1ccccc1. The summed E-state index contributed by atoms with van der Waals surface area (Å²) in [6.07, 6.45) is 4.23. The van der Waals surface area contributed by atoms with Crippen molar-refractivity contribution < 1.29 is 9.59 Å². The van der Waals surface area contributed by atoms with E-state index in [9.17, 15) is 9.59 Å². The van der Waals surface area contributed by atoms with Crippen molar-refractivity contribution in [3.05, 3.63) is 71.3 Å². The van der Waals surface area contributed by atoms with Crippen molar-refractivity contribution in [2.45, 2.75) is 49.4 Å². The molecule has 1 N–H and O–H groups in total. The summed E-state index contributed by atoms with van der Waals surface area (Å²) in [6, 6.07) is 17.7. The van der Waals surface area contributed by atoms with Gasteiger partial charge >= 0.3 is 0 Å². The van der Waals surface area contributed by atoms with E-state index in [0.717, 1.165) is 36.9 Å². The molecule has 0 saturated carbocycles. The van der Waals surface area contributed by atoms with E-state index in [0.29, 0.717) is 12.8 Å². The van der Waals surface area contributed by atoms with Crippen LogP contribution in [0.2, 0.25) is 0 Å². The molecule has 4 nitrogen and oxygen atoms in total. The molecule has 2 aromatic rings. The van der Waals surface area contributed by atoms with Crippen LogP contribution >= 0.6 is 12.6 Å². The van der Waals surface area contributed by atoms with Crippen molar-refractivity contribution >= 4 is 24.4 Å². The third kappa shape index (κ3) is 3.95. The number of rotatable bonds is 4. The highest BCUT2D eigenvalue weighted by atomic mass is 32.1. The minimum Gasteiger partial charge on any atom is -0.343 e. The molecule has 4 rings (SSSR count). The maximum Gasteiger partial charge on any atom is 0.246 e. The van der Waals surface area contributed by atoms with E-state index in [4.69, 9.17) is 0 Å². The number of nitrogens with one attached hydrogen (secondary N) is 1. The molecular formula is C23H26N2O2S. The Hall–Kier alpha value is -2.27. The Morgan fingerprint density at radius 2 is 1.86 bits per heavy atom. The Balaban J connectivity index is 1.52. The molecule has 2 amide bonds. The fourth-order valence-corrected chi connectivity index (χ4v) is 4.67. The molecule has 0 aromatic heterocycles. The van der Waals surface area contributed by atoms with Crippen LogP contribution < -0.4 is 5.32 Å². The van der Waals surface area contributed by atoms with Gasteiger partial charge < -0.3 is 10.2 Å². The summed E-state index contributed by atoms with van der Waals surface area (Å²) in [7, 11) is 0. The van der Waals surface area contributed by atoms with Crippen LogP contribution in [0.5, 0.6) is 0 Å². The monoisotopic (exact) mass is 394 g/mol. The first-order valence-corrected chi connectivity index (χ1v) is 10.6. The molecule has 2 aliphatic rings. The van der Waals surface area contributed by atoms with E-state index >= 15 is 0 Å². The molecule has 0 spiro atoms. The fraction of sp³-hybridized carbons (Fsp3) is 0.391. The maximum absolute atomic E-state index is 13.3. The van der Waals surface area contributed by atoms with Crippen LogP contribution in [0.15, 0.2) is 54.6 Å². The number of carbonyl (C=O) groups is 2. The van der Waals surface area contributed by atoms with E-state index in [1.165, 1.54) is 5.56 Å². The Kier molecular flexibility index (Phi) is 5.72. The molecule has 1 saturated heterocycles. The summed E-state index contributed by atoms with van der Waals surface area (Å²) in [5.41, 5.74) is 3.46. The second kappa shape index (κ2) is 8.39. The largest absolute Gasteiger partial charge is 0.343 e. The predicted octanol–water partition coefficient (Wildman–Crippen LogP) is 3.32. The third-order valence-corrected chi connectivity index (χ3v) is 6.23. The topological polar surface area (TPSA) is 49.4 Å². The van der Waals surface area contributed by atoms with Crippen molar-refractivity contribution in [1.29, 1.82) is 0 Å². The van der Waals surface area contributed by atoms with E-state index in [2.05, 4.69) is 30.1 Å². The van der Waals surface area contributed by atoms with Crippen molar-refractivity contribution in [2.75, 3.05) is 6.54 Å². The first-order valence-electron chi connectivity index (χ1n) is 10.0. The van der Waals surface area contributed by atoms with Crippen molar-refractivity contribution in [2.24, 2.45) is 0 Å². The van der Waals surface area contributed by atoms with Gasteiger partial charge in [-0.15, -0.1) is 0 Å². The van der Waals surface area contributed by atoms with Crippen molar-refractivity contribution in [3.63, 3.8) is 0 Å². The lowest BCUT2D eigenvalue weighted by Crippen LogP contribution is -2.51. The summed E-state index contributed by atoms with van der Waals surface area (Å²) >= 11 is 4.50. The lowest BCUT2D eigenvalue weighted by molar-refractivity contribution is -0.139. The summed E-state index contributed by atoms with van der Waals surface area (Å²) < 4.78 is 0. The van der Waals surface area contributed by atoms with Gasteiger partial charge in [-0.3, -0.25) is 9.59 Å². The molecule has 1 fully saturated rings. The lowest BCUT2D eigenvalue weighted by atomic mass is 9.92. The van der Waals surface area contributed by atoms with Crippen LogP contribution in [-0.4, -0.2) is 34.6 Å². The molecule has 2 aromatic carbocycles. The summed E-state index contributed by atoms with van der Waals surface area (Å²) in [4.78, 5) is 28.0. The summed E-state index contributed by atoms with van der Waals surface area (Å²) in [6.45, 7) is 0.762. The van der Waals surface area contributed by atoms with Gasteiger partial charge in [-0.05, 0) is 42.4 Å². The third-order valence-electron chi connectivity index (χ3n) is 5.81. The van der Waals surface area contributed by atoms with Gasteiger partial charge in [0.05, 0.1) is 11.3 Å². The maximum atomic E-state index is 13.3. The zero-order chi connectivity index (χ0) is 19.5. The number of hydrogen-bond donors (Lipinski definition) is 2. The number of carbonyl (C=O) groups excluding carboxylic acids is 2. The molecule has 2 heterocycles. The molecule has 2 aliphatic heterocycles. The number of thiol groups is 1. The van der Waals surface area contributed by atoms with Crippen LogP contribution in [0, 0.1) is 0 Å². The van der Waals surface area contributed by atoms with Gasteiger partial charge in [0.1, 0.15) is 6.04 Å². The van der Waals surface area contributed by atoms with Gasteiger partial charge in [0.25, 0.3) is 0 Å². The Morgan fingerprint density at radius 1 is 1.11 bits per heavy atom. The van der Waals surface area contributed by atoms with Crippen LogP contribution in [-0.2, 0) is 22.4 Å². The first kappa shape index (κ1) is 19.1. The minimum absolute atomic E-state index is 0.0366. The molecule has 5 heteroatoms. The number of nitrogens with zero attached hydrogens (tertiary/aromatic N) is 1. The summed E-state index contributed by atoms with van der Waals surface area (Å²) in [5, 5.41) is 2.52. The standard InChI is InChI=1S/C23H26N2O2S/c26-22(21(28)14-16-8-2-1-3-9-16)24-19-15-17-10-4-5-11-18(17)20-12-6-7-13-25(20)23(19)27/h1-5,8-11,19-21,28H,6-7,12-15H2,(H,24,26)/t19?,20?,21-/m0/s1. The average Bonchev–Trinajstić information content (AvgIpc) is 2.84. The molecule has 0 aliphatic carbocycles. The number of piperidine rings is 1. The highest BCUT2D eigenvalue weighted by Crippen LogP contribution is 2.36. The number of benzene rings is 2. The van der Waals surface area contributed by atoms with Crippen molar-refractivity contribution in [3.8, 4) is 0 Å². The minimum atomic E-state index is -0.526. The molecule has 2 unspecified atom stereocenters. The van der Waals surface area contributed by atoms with E-state index < -0.39 is 11.3 Å². The van der Waals surface area contributed by atoms with E-state index in [1.54, 1.807) is 0 Å². The normalized spacial score (nSPS) is 22.6. The van der Waals surface area contributed by atoms with E-state index in [-0.39, 0.29) is 17.9 Å². The second-order valence-corrected chi connectivity index (χ2v) is 8.34. The second-order valence-electron chi connectivity index (χ2n) is 7.71. The molecule has 28 heavy (non-hydrogen) atoms. The quantitative estimate of drug-likeness (QED) is 0.782. The van der Waals surface area contributed by atoms with Crippen molar-refractivity contribution in [1.82, 2.24) is 10.2 Å². The highest BCUT2D eigenvalue weighted by molar-refractivity contribution is 7.81. The van der Waals surface area contributed by atoms with Gasteiger partial charge in [-0.25, -0.2) is 0 Å². The highest BCUT2D eigenvalue weighted by Gasteiger charge is 2.38. The number of amides is 2. The van der Waals surface area contributed by atoms with Gasteiger partial charge in [-0.1, -0.05) is 54.6 Å². The molecule has 146 valence electrons. The zero-order valence-corrected chi connectivity index (χ0v) is 16.8. The van der Waals surface area contributed by atoms with Crippen LogP contribution in [0.3, 0.4) is 0 Å². The van der Waals surface area contributed by atoms with Crippen LogP contribution in [0.1, 0.15) is 42.0 Å². The molecular weight excluding hydrogens is 368 g/mol. The predicted molar refractivity (Wildman–Crippen MR) is 113 cm³/mol. The summed E-state index contributed by atoms with van der Waals surface area (Å²) in [5.74, 6) is -0.145.